The summed E-state index contributed by atoms with van der Waals surface area (Å²) in [5, 5.41) is 24.9. The van der Waals surface area contributed by atoms with Crippen molar-refractivity contribution in [2.24, 2.45) is 0 Å². The maximum Gasteiger partial charge on any atom is 0.236 e. The lowest BCUT2D eigenvalue weighted by Crippen LogP contribution is -2.57. The van der Waals surface area contributed by atoms with Gasteiger partial charge in [-0.2, -0.15) is 10.4 Å². The molecule has 0 bridgehead atoms. The van der Waals surface area contributed by atoms with E-state index in [1.807, 2.05) is 24.8 Å². The van der Waals surface area contributed by atoms with Crippen LogP contribution in [-0.4, -0.2) is 94.0 Å². The van der Waals surface area contributed by atoms with Gasteiger partial charge in [-0.3, -0.25) is 9.69 Å². The van der Waals surface area contributed by atoms with E-state index in [0.717, 1.165) is 23.5 Å². The number of carbonyl (C=O) groups is 1. The van der Waals surface area contributed by atoms with Gasteiger partial charge < -0.3 is 19.8 Å². The van der Waals surface area contributed by atoms with Crippen LogP contribution in [0.25, 0.3) is 22.2 Å². The number of piperazine rings is 1. The summed E-state index contributed by atoms with van der Waals surface area (Å²) >= 11 is 1.11. The molecule has 0 saturated carbocycles. The van der Waals surface area contributed by atoms with E-state index in [9.17, 15) is 23.9 Å². The standard InChI is InChI=1S/C30H31F3N8O2S/c1-3-40(30-35-27(25(14-34)44-30)18-5-6-22(31)23(32)11-18)29-21-12-19(13-24(33)28(21)36-41(29)4-2)38-9-7-37(8-10-38)17-26(43)39-15-20(42)16-39/h5-6,11-13,20,42H,3-4,7-10,15-17H2,1-2H3. The van der Waals surface area contributed by atoms with Gasteiger partial charge in [0.25, 0.3) is 0 Å². The molecule has 4 aromatic rings. The zero-order valence-electron chi connectivity index (χ0n) is 24.3. The minimum Gasteiger partial charge on any atom is -0.389 e. The third-order valence-electron chi connectivity index (χ3n) is 8.08. The minimum absolute atomic E-state index is 0.00181. The van der Waals surface area contributed by atoms with E-state index in [1.54, 1.807) is 9.58 Å². The lowest BCUT2D eigenvalue weighted by atomic mass is 10.1. The van der Waals surface area contributed by atoms with Crippen molar-refractivity contribution in [1.29, 1.82) is 5.26 Å². The number of benzene rings is 2. The van der Waals surface area contributed by atoms with Gasteiger partial charge in [0, 0.05) is 69.0 Å². The van der Waals surface area contributed by atoms with Crippen molar-refractivity contribution in [2.75, 3.05) is 62.2 Å². The zero-order chi connectivity index (χ0) is 31.1. The van der Waals surface area contributed by atoms with Crippen LogP contribution >= 0.6 is 11.3 Å². The topological polar surface area (TPSA) is 105 Å². The molecule has 0 spiro atoms. The van der Waals surface area contributed by atoms with Crippen molar-refractivity contribution in [1.82, 2.24) is 24.6 Å². The second kappa shape index (κ2) is 12.1. The molecule has 14 heteroatoms. The summed E-state index contributed by atoms with van der Waals surface area (Å²) in [5.41, 5.74) is 1.43. The molecule has 44 heavy (non-hydrogen) atoms. The number of aryl methyl sites for hydroxylation is 1. The van der Waals surface area contributed by atoms with Gasteiger partial charge in [0.15, 0.2) is 22.6 Å². The fourth-order valence-electron chi connectivity index (χ4n) is 5.68. The first-order chi connectivity index (χ1) is 21.2. The number of halogens is 3. The predicted molar refractivity (Wildman–Crippen MR) is 161 cm³/mol. The summed E-state index contributed by atoms with van der Waals surface area (Å²) in [6.07, 6.45) is -0.434. The van der Waals surface area contributed by atoms with Gasteiger partial charge >= 0.3 is 0 Å². The van der Waals surface area contributed by atoms with Gasteiger partial charge in [-0.15, -0.1) is 0 Å². The monoisotopic (exact) mass is 624 g/mol. The highest BCUT2D eigenvalue weighted by atomic mass is 32.1. The minimum atomic E-state index is -1.03. The summed E-state index contributed by atoms with van der Waals surface area (Å²) in [5.74, 6) is -1.87. The van der Waals surface area contributed by atoms with E-state index in [1.165, 1.54) is 12.1 Å². The number of anilines is 3. The van der Waals surface area contributed by atoms with Crippen LogP contribution in [0.2, 0.25) is 0 Å². The molecule has 0 atom stereocenters. The highest BCUT2D eigenvalue weighted by Crippen LogP contribution is 2.40. The van der Waals surface area contributed by atoms with E-state index < -0.39 is 23.6 Å². The third kappa shape index (κ3) is 5.47. The largest absolute Gasteiger partial charge is 0.389 e. The smallest absolute Gasteiger partial charge is 0.236 e. The molecule has 2 saturated heterocycles. The Hall–Kier alpha value is -4.19. The Morgan fingerprint density at radius 1 is 1.09 bits per heavy atom. The molecule has 2 aliphatic rings. The Labute approximate surface area is 256 Å². The Kier molecular flexibility index (Phi) is 8.19. The number of β-amino-alcohol motifs (C(OH)–C–C–N with tert-alkyl or cyclic N) is 1. The van der Waals surface area contributed by atoms with Crippen molar-refractivity contribution >= 4 is 44.8 Å². The Morgan fingerprint density at radius 2 is 1.84 bits per heavy atom. The van der Waals surface area contributed by atoms with E-state index in [4.69, 9.17) is 0 Å². The molecule has 2 aromatic carbocycles. The van der Waals surface area contributed by atoms with Crippen molar-refractivity contribution in [2.45, 2.75) is 26.5 Å². The lowest BCUT2D eigenvalue weighted by molar-refractivity contribution is -0.142. The number of amides is 1. The molecule has 4 heterocycles. The number of thiazole rings is 1. The maximum atomic E-state index is 15.6. The molecule has 0 aliphatic carbocycles. The van der Waals surface area contributed by atoms with Crippen LogP contribution < -0.4 is 9.80 Å². The molecule has 2 aliphatic heterocycles. The van der Waals surface area contributed by atoms with Gasteiger partial charge in [-0.25, -0.2) is 22.8 Å². The Bertz CT molecular complexity index is 1760. The summed E-state index contributed by atoms with van der Waals surface area (Å²) in [6.45, 7) is 8.19. The molecular weight excluding hydrogens is 593 g/mol. The van der Waals surface area contributed by atoms with E-state index in [0.29, 0.717) is 74.4 Å². The molecule has 2 aromatic heterocycles. The van der Waals surface area contributed by atoms with Crippen molar-refractivity contribution in [3.8, 4) is 17.3 Å². The number of nitriles is 1. The van der Waals surface area contributed by atoms with Gasteiger partial charge in [-0.1, -0.05) is 11.3 Å². The number of rotatable bonds is 8. The number of carbonyl (C=O) groups excluding carboxylic acids is 1. The average Bonchev–Trinajstić information content (AvgIpc) is 3.60. The van der Waals surface area contributed by atoms with Crippen LogP contribution in [0.5, 0.6) is 0 Å². The van der Waals surface area contributed by atoms with Crippen LogP contribution in [0.15, 0.2) is 30.3 Å². The highest BCUT2D eigenvalue weighted by Gasteiger charge is 2.31. The highest BCUT2D eigenvalue weighted by molar-refractivity contribution is 7.16. The van der Waals surface area contributed by atoms with Crippen LogP contribution in [-0.2, 0) is 11.3 Å². The van der Waals surface area contributed by atoms with Gasteiger partial charge in [0.2, 0.25) is 5.91 Å². The Morgan fingerprint density at radius 3 is 2.48 bits per heavy atom. The third-order valence-corrected chi connectivity index (χ3v) is 9.06. The average molecular weight is 625 g/mol. The number of nitrogens with zero attached hydrogens (tertiary/aromatic N) is 8. The number of hydrogen-bond acceptors (Lipinski definition) is 9. The number of fused-ring (bicyclic) bond motifs is 1. The van der Waals surface area contributed by atoms with Gasteiger partial charge in [0.05, 0.1) is 12.6 Å². The molecule has 0 unspecified atom stereocenters. The maximum absolute atomic E-state index is 15.6. The molecule has 1 amide bonds. The predicted octanol–water partition coefficient (Wildman–Crippen LogP) is 3.95. The quantitative estimate of drug-likeness (QED) is 0.314. The van der Waals surface area contributed by atoms with Gasteiger partial charge in [-0.05, 0) is 44.2 Å². The normalized spacial score (nSPS) is 15.9. The summed E-state index contributed by atoms with van der Waals surface area (Å²) in [6, 6.07) is 8.91. The number of aromatic nitrogens is 3. The van der Waals surface area contributed by atoms with Crippen molar-refractivity contribution < 1.29 is 23.1 Å². The van der Waals surface area contributed by atoms with E-state index >= 15 is 4.39 Å². The molecule has 230 valence electrons. The van der Waals surface area contributed by atoms with E-state index in [2.05, 4.69) is 26.0 Å². The van der Waals surface area contributed by atoms with Crippen LogP contribution in [0, 0.1) is 28.8 Å². The Balaban J connectivity index is 1.30. The van der Waals surface area contributed by atoms with Crippen LogP contribution in [0.1, 0.15) is 18.7 Å². The van der Waals surface area contributed by atoms with E-state index in [-0.39, 0.29) is 34.1 Å². The molecule has 0 radical (unpaired) electrons. The lowest BCUT2D eigenvalue weighted by Gasteiger charge is -2.39. The molecule has 2 fully saturated rings. The van der Waals surface area contributed by atoms with Gasteiger partial charge in [0.1, 0.15) is 28.0 Å². The fraction of sp³-hybridized carbons (Fsp3) is 0.400. The number of aliphatic hydroxyl groups excluding tert-OH is 1. The summed E-state index contributed by atoms with van der Waals surface area (Å²) in [4.78, 5) is 25.0. The van der Waals surface area contributed by atoms with Crippen molar-refractivity contribution in [3.05, 3.63) is 52.7 Å². The molecule has 10 nitrogen and oxygen atoms in total. The number of aliphatic hydroxyl groups is 1. The first-order valence-corrected chi connectivity index (χ1v) is 15.3. The van der Waals surface area contributed by atoms with Crippen molar-refractivity contribution in [3.63, 3.8) is 0 Å². The molecular formula is C30H31F3N8O2S. The first kappa shape index (κ1) is 29.9. The fourth-order valence-corrected chi connectivity index (χ4v) is 6.63. The summed E-state index contributed by atoms with van der Waals surface area (Å²) < 4.78 is 44.9. The summed E-state index contributed by atoms with van der Waals surface area (Å²) in [7, 11) is 0. The number of likely N-dealkylation sites (tertiary alicyclic amines) is 1. The van der Waals surface area contributed by atoms with Crippen LogP contribution in [0.4, 0.5) is 29.8 Å². The number of hydrogen-bond donors (Lipinski definition) is 1. The SMILES string of the molecule is CCN(c1nc(-c2ccc(F)c(F)c2)c(C#N)s1)c1c2cc(N3CCN(CC(=O)N4CC(O)C4)CC3)cc(F)c2nn1CC. The molecule has 1 N–H and O–H groups in total. The second-order valence-electron chi connectivity index (χ2n) is 10.8. The van der Waals surface area contributed by atoms with Crippen LogP contribution in [0.3, 0.4) is 0 Å². The second-order valence-corrected chi connectivity index (χ2v) is 11.8. The molecule has 6 rings (SSSR count). The zero-order valence-corrected chi connectivity index (χ0v) is 25.1. The first-order valence-electron chi connectivity index (χ1n) is 14.5.